The van der Waals surface area contributed by atoms with Gasteiger partial charge in [-0.3, -0.25) is 19.0 Å². The Balaban J connectivity index is 0.000000260. The zero-order valence-corrected chi connectivity index (χ0v) is 32.5. The lowest BCUT2D eigenvalue weighted by Crippen LogP contribution is -2.35. The zero-order chi connectivity index (χ0) is 36.5. The van der Waals surface area contributed by atoms with Crippen LogP contribution in [0.1, 0.15) is 57.1 Å². The van der Waals surface area contributed by atoms with Crippen LogP contribution in [0.3, 0.4) is 0 Å². The topological polar surface area (TPSA) is 93.8 Å². The minimum Gasteiger partial charge on any atom is -0.349 e. The number of nitrogens with one attached hydrogen (secondary N) is 2. The van der Waals surface area contributed by atoms with Crippen molar-refractivity contribution >= 4 is 113 Å². The average molecular weight is 930 g/mol. The van der Waals surface area contributed by atoms with Crippen LogP contribution in [-0.2, 0) is 39.3 Å². The fourth-order valence-corrected chi connectivity index (χ4v) is 9.25. The minimum atomic E-state index is -4.71. The summed E-state index contributed by atoms with van der Waals surface area (Å²) in [6.45, 7) is 3.32. The molecule has 0 aliphatic rings. The Bertz CT molecular complexity index is 1680. The molecule has 0 spiro atoms. The molecule has 0 bridgehead atoms. The second-order valence-corrected chi connectivity index (χ2v) is 16.8. The van der Waals surface area contributed by atoms with Crippen molar-refractivity contribution in [2.45, 2.75) is 51.1 Å². The van der Waals surface area contributed by atoms with Gasteiger partial charge in [0.1, 0.15) is 4.34 Å². The number of nitrogens with zero attached hydrogens (tertiary/aromatic N) is 4. The quantitative estimate of drug-likeness (QED) is 0.172. The Hall–Kier alpha value is -1.54. The molecule has 4 rings (SSSR count). The van der Waals surface area contributed by atoms with Crippen molar-refractivity contribution in [3.8, 4) is 0 Å². The van der Waals surface area contributed by atoms with Gasteiger partial charge in [-0.05, 0) is 64.1 Å². The van der Waals surface area contributed by atoms with Crippen LogP contribution >= 0.6 is 101 Å². The highest BCUT2D eigenvalue weighted by molar-refractivity contribution is 9.11. The second kappa shape index (κ2) is 16.2. The number of aryl methyl sites for hydroxylation is 2. The predicted molar refractivity (Wildman–Crippen MR) is 182 cm³/mol. The van der Waals surface area contributed by atoms with Gasteiger partial charge in [0.2, 0.25) is 0 Å². The molecule has 0 saturated heterocycles. The van der Waals surface area contributed by atoms with Crippen molar-refractivity contribution in [3.63, 3.8) is 0 Å². The first kappa shape index (κ1) is 40.9. The van der Waals surface area contributed by atoms with Crippen molar-refractivity contribution in [3.05, 3.63) is 72.3 Å². The van der Waals surface area contributed by atoms with Gasteiger partial charge in [0.05, 0.1) is 33.1 Å². The van der Waals surface area contributed by atoms with E-state index in [0.717, 1.165) is 25.5 Å². The molecule has 0 aromatic carbocycles. The van der Waals surface area contributed by atoms with Crippen LogP contribution in [-0.4, -0.2) is 43.5 Å². The standard InChI is InChI=1S/2C13H11BrCl2F3N3OS/c1-5(3-6-8(15)10(14)24-11(6)16)20-12(23)7-4-22(2)21-9(7)13(17,18)19;1-5(3-6-8(15)11(16)24-10(6)14)20-12(23)7-4-22(2)21-9(7)13(17,18)19/h2*4-5H,3H2,1-2H3,(H,20,23). The lowest BCUT2D eigenvalue weighted by Gasteiger charge is -2.14. The van der Waals surface area contributed by atoms with Crippen LogP contribution in [0.2, 0.25) is 18.7 Å². The summed E-state index contributed by atoms with van der Waals surface area (Å²) in [6, 6.07) is -0.937. The molecule has 0 saturated carbocycles. The SMILES string of the molecule is CC(Cc1c(Br)sc(Cl)c1Cl)NC(=O)c1cn(C)nc1C(F)(F)F.CC(Cc1c(Cl)sc(Br)c1Cl)NC(=O)c1cn(C)nc1C(F)(F)F. The van der Waals surface area contributed by atoms with Gasteiger partial charge in [-0.15, -0.1) is 22.7 Å². The van der Waals surface area contributed by atoms with E-state index in [0.29, 0.717) is 40.1 Å². The van der Waals surface area contributed by atoms with E-state index in [-0.39, 0.29) is 6.42 Å². The number of hydrogen-bond acceptors (Lipinski definition) is 6. The maximum atomic E-state index is 12.9. The van der Waals surface area contributed by atoms with E-state index >= 15 is 0 Å². The Morgan fingerprint density at radius 1 is 0.750 bits per heavy atom. The van der Waals surface area contributed by atoms with Crippen molar-refractivity contribution in [1.29, 1.82) is 0 Å². The Labute approximate surface area is 314 Å². The largest absolute Gasteiger partial charge is 0.435 e. The van der Waals surface area contributed by atoms with E-state index in [1.54, 1.807) is 13.8 Å². The molecule has 2 amide bonds. The third-order valence-corrected chi connectivity index (χ3v) is 11.9. The highest BCUT2D eigenvalue weighted by atomic mass is 79.9. The summed E-state index contributed by atoms with van der Waals surface area (Å²) < 4.78 is 81.7. The van der Waals surface area contributed by atoms with Crippen LogP contribution in [0.25, 0.3) is 0 Å². The summed E-state index contributed by atoms with van der Waals surface area (Å²) in [4.78, 5) is 24.3. The summed E-state index contributed by atoms with van der Waals surface area (Å²) in [5.74, 6) is -1.71. The number of amides is 2. The summed E-state index contributed by atoms with van der Waals surface area (Å²) >= 11 is 33.2. The molecule has 2 atom stereocenters. The number of rotatable bonds is 8. The average Bonchev–Trinajstić information content (AvgIpc) is 3.67. The molecule has 0 fully saturated rings. The molecular formula is C26H22Br2Cl4F6N6O2S2. The van der Waals surface area contributed by atoms with E-state index < -0.39 is 58.8 Å². The van der Waals surface area contributed by atoms with Gasteiger partial charge in [0.25, 0.3) is 11.8 Å². The molecule has 0 aliphatic heterocycles. The normalized spacial score (nSPS) is 13.2. The fourth-order valence-electron chi connectivity index (χ4n) is 4.17. The third-order valence-electron chi connectivity index (χ3n) is 6.17. The molecule has 48 heavy (non-hydrogen) atoms. The molecule has 0 radical (unpaired) electrons. The number of alkyl halides is 6. The molecule has 4 heterocycles. The van der Waals surface area contributed by atoms with Crippen molar-refractivity contribution in [2.75, 3.05) is 0 Å². The van der Waals surface area contributed by atoms with E-state index in [2.05, 4.69) is 52.7 Å². The summed E-state index contributed by atoms with van der Waals surface area (Å²) in [5.41, 5.74) is -2.16. The number of carbonyl (C=O) groups excluding carboxylic acids is 2. The van der Waals surface area contributed by atoms with Gasteiger partial charge >= 0.3 is 12.4 Å². The number of carbonyl (C=O) groups is 2. The fraction of sp³-hybridized carbons (Fsp3) is 0.385. The van der Waals surface area contributed by atoms with Crippen LogP contribution in [0, 0.1) is 0 Å². The molecule has 8 nitrogen and oxygen atoms in total. The van der Waals surface area contributed by atoms with Crippen molar-refractivity contribution in [1.82, 2.24) is 30.2 Å². The monoisotopic (exact) mass is 926 g/mol. The first-order valence-corrected chi connectivity index (χ1v) is 17.8. The van der Waals surface area contributed by atoms with E-state index in [9.17, 15) is 35.9 Å². The predicted octanol–water partition coefficient (Wildman–Crippen LogP) is 9.86. The van der Waals surface area contributed by atoms with Crippen LogP contribution in [0.15, 0.2) is 20.0 Å². The van der Waals surface area contributed by atoms with Crippen molar-refractivity contribution in [2.24, 2.45) is 14.1 Å². The highest BCUT2D eigenvalue weighted by Crippen LogP contribution is 2.42. The van der Waals surface area contributed by atoms with Gasteiger partial charge in [0, 0.05) is 44.1 Å². The second-order valence-electron chi connectivity index (χ2n) is 10.2. The number of aromatic nitrogens is 4. The molecule has 2 N–H and O–H groups in total. The summed E-state index contributed by atoms with van der Waals surface area (Å²) in [5, 5.41) is 12.5. The van der Waals surface area contributed by atoms with Gasteiger partial charge in [-0.25, -0.2) is 0 Å². The molecular weight excluding hydrogens is 908 g/mol. The van der Waals surface area contributed by atoms with Gasteiger partial charge in [-0.2, -0.15) is 36.5 Å². The Morgan fingerprint density at radius 2 is 1.15 bits per heavy atom. The van der Waals surface area contributed by atoms with E-state index in [4.69, 9.17) is 46.4 Å². The minimum absolute atomic E-state index is 0.285. The smallest absolute Gasteiger partial charge is 0.349 e. The van der Waals surface area contributed by atoms with Gasteiger partial charge < -0.3 is 10.6 Å². The molecule has 4 aromatic rings. The molecule has 264 valence electrons. The molecule has 0 aliphatic carbocycles. The Kier molecular flexibility index (Phi) is 13.8. The number of hydrogen-bond donors (Lipinski definition) is 2. The maximum absolute atomic E-state index is 12.9. The van der Waals surface area contributed by atoms with Gasteiger partial charge in [-0.1, -0.05) is 46.4 Å². The van der Waals surface area contributed by atoms with E-state index in [1.807, 2.05) is 0 Å². The molecule has 2 unspecified atom stereocenters. The third kappa shape index (κ3) is 10.3. The summed E-state index contributed by atoms with van der Waals surface area (Å²) in [6.07, 6.45) is -6.74. The maximum Gasteiger partial charge on any atom is 0.435 e. The van der Waals surface area contributed by atoms with E-state index in [1.165, 1.54) is 36.8 Å². The molecule has 22 heteroatoms. The number of thiophene rings is 2. The highest BCUT2D eigenvalue weighted by Gasteiger charge is 2.40. The molecule has 4 aromatic heterocycles. The van der Waals surface area contributed by atoms with Crippen LogP contribution in [0.5, 0.6) is 0 Å². The van der Waals surface area contributed by atoms with Crippen molar-refractivity contribution < 1.29 is 35.9 Å². The van der Waals surface area contributed by atoms with Gasteiger partial charge in [0.15, 0.2) is 11.4 Å². The lowest BCUT2D eigenvalue weighted by molar-refractivity contribution is -0.142. The zero-order valence-electron chi connectivity index (χ0n) is 24.7. The number of halogens is 12. The first-order chi connectivity index (χ1) is 22.0. The van der Waals surface area contributed by atoms with Crippen LogP contribution in [0.4, 0.5) is 26.3 Å². The van der Waals surface area contributed by atoms with Crippen LogP contribution < -0.4 is 10.6 Å². The summed E-state index contributed by atoms with van der Waals surface area (Å²) in [7, 11) is 2.64. The Morgan fingerprint density at radius 3 is 1.48 bits per heavy atom. The lowest BCUT2D eigenvalue weighted by atomic mass is 10.1. The first-order valence-electron chi connectivity index (χ1n) is 13.1.